The number of aryl methyl sites for hydroxylation is 3. The van der Waals surface area contributed by atoms with Crippen LogP contribution in [0.3, 0.4) is 0 Å². The monoisotopic (exact) mass is 401 g/mol. The number of amides is 1. The molecule has 3 aromatic carbocycles. The van der Waals surface area contributed by atoms with Crippen LogP contribution >= 0.6 is 0 Å². The van der Waals surface area contributed by atoms with Gasteiger partial charge >= 0.3 is 0 Å². The average molecular weight is 401 g/mol. The minimum atomic E-state index is -0.288. The molecule has 0 aliphatic rings. The standard InChI is InChI=1S/C25H23NO4/c1-4-17-5-8-19(9-6-17)29-14-23(27)26-18-7-10-20-22(13-18)30-25-16(3)11-15(2)12-21(25)24(20)28/h5-13H,4,14H2,1-3H3,(H,26,27). The van der Waals surface area contributed by atoms with Gasteiger partial charge in [0.05, 0.1) is 10.8 Å². The number of anilines is 1. The highest BCUT2D eigenvalue weighted by molar-refractivity contribution is 5.96. The third kappa shape index (κ3) is 3.92. The lowest BCUT2D eigenvalue weighted by Crippen LogP contribution is -2.20. The maximum Gasteiger partial charge on any atom is 0.262 e. The second-order valence-corrected chi connectivity index (χ2v) is 7.43. The summed E-state index contributed by atoms with van der Waals surface area (Å²) in [7, 11) is 0. The van der Waals surface area contributed by atoms with Gasteiger partial charge in [0.2, 0.25) is 5.43 Å². The van der Waals surface area contributed by atoms with Gasteiger partial charge in [0, 0.05) is 11.8 Å². The smallest absolute Gasteiger partial charge is 0.262 e. The van der Waals surface area contributed by atoms with Crippen LogP contribution < -0.4 is 15.5 Å². The van der Waals surface area contributed by atoms with Crippen molar-refractivity contribution in [1.82, 2.24) is 0 Å². The zero-order valence-electron chi connectivity index (χ0n) is 17.2. The summed E-state index contributed by atoms with van der Waals surface area (Å²) in [5.41, 5.74) is 4.61. The number of carbonyl (C=O) groups excluding carboxylic acids is 1. The predicted octanol–water partition coefficient (Wildman–Crippen LogP) is 5.14. The normalized spacial score (nSPS) is 11.0. The molecule has 0 fully saturated rings. The first kappa shape index (κ1) is 19.7. The molecular weight excluding hydrogens is 378 g/mol. The summed E-state index contributed by atoms with van der Waals surface area (Å²) >= 11 is 0. The molecule has 4 aromatic rings. The second-order valence-electron chi connectivity index (χ2n) is 7.43. The molecule has 0 radical (unpaired) electrons. The van der Waals surface area contributed by atoms with Gasteiger partial charge < -0.3 is 14.5 Å². The van der Waals surface area contributed by atoms with Crippen LogP contribution in [-0.4, -0.2) is 12.5 Å². The van der Waals surface area contributed by atoms with Crippen molar-refractivity contribution in [2.45, 2.75) is 27.2 Å². The Labute approximate surface area is 174 Å². The zero-order chi connectivity index (χ0) is 21.3. The molecule has 0 saturated heterocycles. The molecule has 0 spiro atoms. The number of hydrogen-bond donors (Lipinski definition) is 1. The summed E-state index contributed by atoms with van der Waals surface area (Å²) in [4.78, 5) is 25.2. The largest absolute Gasteiger partial charge is 0.484 e. The molecule has 1 heterocycles. The summed E-state index contributed by atoms with van der Waals surface area (Å²) in [5.74, 6) is 0.355. The minimum absolute atomic E-state index is 0.0743. The van der Waals surface area contributed by atoms with Crippen LogP contribution in [0, 0.1) is 13.8 Å². The highest BCUT2D eigenvalue weighted by Gasteiger charge is 2.12. The van der Waals surface area contributed by atoms with E-state index in [4.69, 9.17) is 9.15 Å². The number of benzene rings is 3. The number of rotatable bonds is 5. The van der Waals surface area contributed by atoms with Crippen molar-refractivity contribution in [2.75, 3.05) is 11.9 Å². The van der Waals surface area contributed by atoms with Crippen molar-refractivity contribution in [1.29, 1.82) is 0 Å². The topological polar surface area (TPSA) is 68.5 Å². The van der Waals surface area contributed by atoms with Crippen LogP contribution in [0.1, 0.15) is 23.6 Å². The fraction of sp³-hybridized carbons (Fsp3) is 0.200. The van der Waals surface area contributed by atoms with Gasteiger partial charge in [0.25, 0.3) is 5.91 Å². The first-order valence-electron chi connectivity index (χ1n) is 9.94. The third-order valence-corrected chi connectivity index (χ3v) is 5.09. The summed E-state index contributed by atoms with van der Waals surface area (Å²) in [5, 5.41) is 3.84. The third-order valence-electron chi connectivity index (χ3n) is 5.09. The van der Waals surface area contributed by atoms with Gasteiger partial charge in [-0.25, -0.2) is 0 Å². The summed E-state index contributed by atoms with van der Waals surface area (Å²) in [6, 6.07) is 16.5. The fourth-order valence-electron chi connectivity index (χ4n) is 3.55. The lowest BCUT2D eigenvalue weighted by Gasteiger charge is -2.09. The molecule has 0 saturated carbocycles. The molecule has 5 nitrogen and oxygen atoms in total. The van der Waals surface area contributed by atoms with Crippen LogP contribution in [0.2, 0.25) is 0 Å². The van der Waals surface area contributed by atoms with Crippen molar-refractivity contribution in [3.63, 3.8) is 0 Å². The Morgan fingerprint density at radius 1 is 1.00 bits per heavy atom. The lowest BCUT2D eigenvalue weighted by molar-refractivity contribution is -0.118. The summed E-state index contributed by atoms with van der Waals surface area (Å²) in [6.45, 7) is 5.85. The first-order chi connectivity index (χ1) is 14.4. The molecule has 0 bridgehead atoms. The molecule has 1 aromatic heterocycles. The van der Waals surface area contributed by atoms with E-state index in [9.17, 15) is 9.59 Å². The van der Waals surface area contributed by atoms with Gasteiger partial charge in [0.1, 0.15) is 16.9 Å². The van der Waals surface area contributed by atoms with Crippen molar-refractivity contribution in [3.05, 3.63) is 81.5 Å². The molecule has 0 aliphatic carbocycles. The molecule has 0 atom stereocenters. The van der Waals surface area contributed by atoms with E-state index in [1.807, 2.05) is 50.2 Å². The maximum atomic E-state index is 12.9. The van der Waals surface area contributed by atoms with Gasteiger partial charge in [-0.3, -0.25) is 9.59 Å². The van der Waals surface area contributed by atoms with Crippen LogP contribution in [-0.2, 0) is 11.2 Å². The number of ether oxygens (including phenoxy) is 1. The molecule has 1 amide bonds. The van der Waals surface area contributed by atoms with E-state index in [2.05, 4.69) is 12.2 Å². The molecule has 152 valence electrons. The number of carbonyl (C=O) groups is 1. The summed E-state index contributed by atoms with van der Waals surface area (Å²) < 4.78 is 11.5. The van der Waals surface area contributed by atoms with E-state index < -0.39 is 0 Å². The Kier molecular flexibility index (Phi) is 5.27. The van der Waals surface area contributed by atoms with E-state index in [1.165, 1.54) is 5.56 Å². The Morgan fingerprint density at radius 2 is 1.77 bits per heavy atom. The van der Waals surface area contributed by atoms with Crippen molar-refractivity contribution >= 4 is 33.5 Å². The average Bonchev–Trinajstić information content (AvgIpc) is 2.73. The number of hydrogen-bond acceptors (Lipinski definition) is 4. The Bertz CT molecular complexity index is 1300. The zero-order valence-corrected chi connectivity index (χ0v) is 17.2. The van der Waals surface area contributed by atoms with Crippen LogP contribution in [0.4, 0.5) is 5.69 Å². The van der Waals surface area contributed by atoms with Crippen LogP contribution in [0.25, 0.3) is 21.9 Å². The predicted molar refractivity (Wildman–Crippen MR) is 119 cm³/mol. The fourth-order valence-corrected chi connectivity index (χ4v) is 3.55. The lowest BCUT2D eigenvalue weighted by atomic mass is 10.1. The second kappa shape index (κ2) is 8.03. The van der Waals surface area contributed by atoms with Gasteiger partial charge in [-0.15, -0.1) is 0 Å². The summed E-state index contributed by atoms with van der Waals surface area (Å²) in [6.07, 6.45) is 0.952. The van der Waals surface area contributed by atoms with Crippen LogP contribution in [0.15, 0.2) is 63.8 Å². The molecule has 0 unspecified atom stereocenters. The van der Waals surface area contributed by atoms with Gasteiger partial charge in [-0.05, 0) is 67.3 Å². The molecule has 4 rings (SSSR count). The minimum Gasteiger partial charge on any atom is -0.484 e. The van der Waals surface area contributed by atoms with E-state index >= 15 is 0 Å². The van der Waals surface area contributed by atoms with Crippen molar-refractivity contribution in [3.8, 4) is 5.75 Å². The maximum absolute atomic E-state index is 12.9. The Morgan fingerprint density at radius 3 is 2.50 bits per heavy atom. The Balaban J connectivity index is 1.54. The van der Waals surface area contributed by atoms with Gasteiger partial charge in [-0.1, -0.05) is 25.1 Å². The van der Waals surface area contributed by atoms with Gasteiger partial charge in [-0.2, -0.15) is 0 Å². The van der Waals surface area contributed by atoms with Crippen molar-refractivity contribution < 1.29 is 13.9 Å². The Hall–Kier alpha value is -3.60. The van der Waals surface area contributed by atoms with E-state index in [0.717, 1.165) is 17.5 Å². The molecule has 30 heavy (non-hydrogen) atoms. The molecule has 5 heteroatoms. The molecular formula is C25H23NO4. The highest BCUT2D eigenvalue weighted by Crippen LogP contribution is 2.25. The SMILES string of the molecule is CCc1ccc(OCC(=O)Nc2ccc3c(=O)c4cc(C)cc(C)c4oc3c2)cc1. The van der Waals surface area contributed by atoms with E-state index in [1.54, 1.807) is 18.2 Å². The molecule has 0 aliphatic heterocycles. The quantitative estimate of drug-likeness (QED) is 0.470. The van der Waals surface area contributed by atoms with E-state index in [-0.39, 0.29) is 17.9 Å². The van der Waals surface area contributed by atoms with Gasteiger partial charge in [0.15, 0.2) is 6.61 Å². The van der Waals surface area contributed by atoms with Crippen molar-refractivity contribution in [2.24, 2.45) is 0 Å². The number of fused-ring (bicyclic) bond motifs is 2. The first-order valence-corrected chi connectivity index (χ1v) is 9.94. The number of nitrogens with one attached hydrogen (secondary N) is 1. The molecule has 1 N–H and O–H groups in total. The van der Waals surface area contributed by atoms with E-state index in [0.29, 0.717) is 33.4 Å². The van der Waals surface area contributed by atoms with Crippen LogP contribution in [0.5, 0.6) is 5.75 Å². The highest BCUT2D eigenvalue weighted by atomic mass is 16.5.